The number of halogens is 2. The molecule has 1 saturated carbocycles. The molecule has 0 aliphatic heterocycles. The monoisotopic (exact) mass is 260 g/mol. The van der Waals surface area contributed by atoms with E-state index in [9.17, 15) is 0 Å². The van der Waals surface area contributed by atoms with Crippen molar-refractivity contribution in [3.05, 3.63) is 16.9 Å². The summed E-state index contributed by atoms with van der Waals surface area (Å²) in [5.74, 6) is 0.753. The summed E-state index contributed by atoms with van der Waals surface area (Å²) in [6.45, 7) is 3.09. The van der Waals surface area contributed by atoms with E-state index in [2.05, 4.69) is 12.0 Å². The minimum atomic E-state index is 0.320. The summed E-state index contributed by atoms with van der Waals surface area (Å²) < 4.78 is 2.01. The van der Waals surface area contributed by atoms with E-state index in [1.807, 2.05) is 4.68 Å². The molecule has 1 aromatic rings. The van der Waals surface area contributed by atoms with Crippen LogP contribution in [-0.2, 0) is 13.0 Å². The zero-order valence-electron chi connectivity index (χ0n) is 9.63. The van der Waals surface area contributed by atoms with E-state index >= 15 is 0 Å². The first-order chi connectivity index (χ1) is 7.72. The van der Waals surface area contributed by atoms with Gasteiger partial charge in [0.15, 0.2) is 0 Å². The van der Waals surface area contributed by atoms with Crippen molar-refractivity contribution in [3.8, 4) is 0 Å². The van der Waals surface area contributed by atoms with Crippen LogP contribution >= 0.6 is 23.2 Å². The van der Waals surface area contributed by atoms with Crippen LogP contribution < -0.4 is 0 Å². The first-order valence-corrected chi connectivity index (χ1v) is 6.88. The lowest BCUT2D eigenvalue weighted by molar-refractivity contribution is 0.558. The normalized spacial score (nSPS) is 17.7. The second-order valence-electron chi connectivity index (χ2n) is 4.55. The van der Waals surface area contributed by atoms with Crippen LogP contribution in [0, 0.1) is 5.92 Å². The Morgan fingerprint density at radius 2 is 2.31 bits per heavy atom. The minimum Gasteiger partial charge on any atom is -0.268 e. The zero-order chi connectivity index (χ0) is 11.5. The molecule has 0 aromatic carbocycles. The number of hydrogen-bond acceptors (Lipinski definition) is 1. The van der Waals surface area contributed by atoms with E-state index in [-0.39, 0.29) is 0 Å². The Morgan fingerprint density at radius 3 is 2.94 bits per heavy atom. The first kappa shape index (κ1) is 12.3. The lowest BCUT2D eigenvalue weighted by atomic mass is 10.1. The molecule has 1 aromatic heterocycles. The summed E-state index contributed by atoms with van der Waals surface area (Å²) >= 11 is 12.4. The molecule has 16 heavy (non-hydrogen) atoms. The van der Waals surface area contributed by atoms with Crippen molar-refractivity contribution in [3.63, 3.8) is 0 Å². The molecule has 0 spiro atoms. The summed E-state index contributed by atoms with van der Waals surface area (Å²) in [6, 6.07) is 0. The zero-order valence-corrected chi connectivity index (χ0v) is 11.1. The fourth-order valence-corrected chi connectivity index (χ4v) is 2.61. The lowest BCUT2D eigenvalue weighted by Gasteiger charge is -2.10. The van der Waals surface area contributed by atoms with Crippen LogP contribution in [-0.4, -0.2) is 15.2 Å². The first-order valence-electron chi connectivity index (χ1n) is 6.06. The van der Waals surface area contributed by atoms with Gasteiger partial charge in [0, 0.05) is 11.9 Å². The molecule has 4 heteroatoms. The summed E-state index contributed by atoms with van der Waals surface area (Å²) in [5.41, 5.74) is 1.15. The molecular formula is C12H18Cl2N2. The van der Waals surface area contributed by atoms with Gasteiger partial charge in [-0.1, -0.05) is 18.5 Å². The number of aryl methyl sites for hydroxylation is 1. The summed E-state index contributed by atoms with van der Waals surface area (Å²) in [6.07, 6.45) is 7.39. The number of rotatable bonds is 6. The quantitative estimate of drug-likeness (QED) is 0.710. The molecule has 0 saturated heterocycles. The highest BCUT2D eigenvalue weighted by atomic mass is 35.5. The second-order valence-corrected chi connectivity index (χ2v) is 5.52. The predicted molar refractivity (Wildman–Crippen MR) is 68.2 cm³/mol. The molecule has 1 heterocycles. The van der Waals surface area contributed by atoms with Gasteiger partial charge in [0.1, 0.15) is 0 Å². The fraction of sp³-hybridized carbons (Fsp3) is 0.750. The molecular weight excluding hydrogens is 243 g/mol. The minimum absolute atomic E-state index is 0.320. The van der Waals surface area contributed by atoms with Crippen LogP contribution in [0.25, 0.3) is 0 Å². The van der Waals surface area contributed by atoms with Crippen LogP contribution in [0.15, 0.2) is 6.20 Å². The van der Waals surface area contributed by atoms with Gasteiger partial charge in [0.2, 0.25) is 0 Å². The third kappa shape index (κ3) is 2.92. The highest BCUT2D eigenvalue weighted by Gasteiger charge is 2.29. The molecule has 1 aliphatic carbocycles. The maximum absolute atomic E-state index is 6.30. The number of nitrogens with zero attached hydrogens (tertiary/aromatic N) is 2. The van der Waals surface area contributed by atoms with E-state index < -0.39 is 0 Å². The SMILES string of the molecule is CCCn1ncc(Cl)c1CCC(Cl)C1CC1. The highest BCUT2D eigenvalue weighted by molar-refractivity contribution is 6.31. The van der Waals surface area contributed by atoms with Gasteiger partial charge in [0.05, 0.1) is 16.9 Å². The van der Waals surface area contributed by atoms with Crippen molar-refractivity contribution in [2.75, 3.05) is 0 Å². The molecule has 2 nitrogen and oxygen atoms in total. The predicted octanol–water partition coefficient (Wildman–Crippen LogP) is 3.90. The van der Waals surface area contributed by atoms with Gasteiger partial charge < -0.3 is 0 Å². The van der Waals surface area contributed by atoms with Crippen molar-refractivity contribution in [2.45, 2.75) is 50.9 Å². The smallest absolute Gasteiger partial charge is 0.0817 e. The van der Waals surface area contributed by atoms with Crippen LogP contribution in [0.1, 0.15) is 38.3 Å². The van der Waals surface area contributed by atoms with E-state index in [4.69, 9.17) is 23.2 Å². The van der Waals surface area contributed by atoms with Gasteiger partial charge in [-0.2, -0.15) is 5.10 Å². The Morgan fingerprint density at radius 1 is 1.56 bits per heavy atom. The van der Waals surface area contributed by atoms with Crippen LogP contribution in [0.5, 0.6) is 0 Å². The summed E-state index contributed by atoms with van der Waals surface area (Å²) in [4.78, 5) is 0. The van der Waals surface area contributed by atoms with Crippen LogP contribution in [0.4, 0.5) is 0 Å². The average molecular weight is 261 g/mol. The largest absolute Gasteiger partial charge is 0.268 e. The van der Waals surface area contributed by atoms with Crippen LogP contribution in [0.2, 0.25) is 5.02 Å². The standard InChI is InChI=1S/C12H18Cl2N2/c1-2-7-16-12(11(14)8-15-16)6-5-10(13)9-3-4-9/h8-10H,2-7H2,1H3. The van der Waals surface area contributed by atoms with Gasteiger partial charge in [-0.3, -0.25) is 4.68 Å². The summed E-state index contributed by atoms with van der Waals surface area (Å²) in [5, 5.41) is 5.39. The van der Waals surface area contributed by atoms with Crippen molar-refractivity contribution < 1.29 is 0 Å². The molecule has 90 valence electrons. The molecule has 2 rings (SSSR count). The summed E-state index contributed by atoms with van der Waals surface area (Å²) in [7, 11) is 0. The highest BCUT2D eigenvalue weighted by Crippen LogP contribution is 2.37. The van der Waals surface area contributed by atoms with Gasteiger partial charge in [-0.05, 0) is 38.0 Å². The van der Waals surface area contributed by atoms with Crippen molar-refractivity contribution >= 4 is 23.2 Å². The fourth-order valence-electron chi connectivity index (χ4n) is 2.01. The molecule has 1 unspecified atom stereocenters. The van der Waals surface area contributed by atoms with Crippen molar-refractivity contribution in [1.29, 1.82) is 0 Å². The molecule has 0 amide bonds. The van der Waals surface area contributed by atoms with Crippen molar-refractivity contribution in [1.82, 2.24) is 9.78 Å². The number of hydrogen-bond donors (Lipinski definition) is 0. The maximum Gasteiger partial charge on any atom is 0.0817 e. The Bertz CT molecular complexity index is 345. The van der Waals surface area contributed by atoms with Crippen molar-refractivity contribution in [2.24, 2.45) is 5.92 Å². The van der Waals surface area contributed by atoms with E-state index in [0.717, 1.165) is 42.4 Å². The lowest BCUT2D eigenvalue weighted by Crippen LogP contribution is -2.09. The Balaban J connectivity index is 1.93. The third-order valence-corrected chi connectivity index (χ3v) is 4.01. The molecule has 0 N–H and O–H groups in total. The molecule has 1 atom stereocenters. The Labute approximate surface area is 107 Å². The van der Waals surface area contributed by atoms with Gasteiger partial charge >= 0.3 is 0 Å². The van der Waals surface area contributed by atoms with Gasteiger partial charge in [-0.15, -0.1) is 11.6 Å². The molecule has 1 fully saturated rings. The van der Waals surface area contributed by atoms with Gasteiger partial charge in [-0.25, -0.2) is 0 Å². The van der Waals surface area contributed by atoms with Gasteiger partial charge in [0.25, 0.3) is 0 Å². The maximum atomic E-state index is 6.30. The number of alkyl halides is 1. The molecule has 0 bridgehead atoms. The molecule has 0 radical (unpaired) electrons. The number of aromatic nitrogens is 2. The Kier molecular flexibility index (Phi) is 4.15. The van der Waals surface area contributed by atoms with E-state index in [0.29, 0.717) is 5.38 Å². The van der Waals surface area contributed by atoms with E-state index in [1.54, 1.807) is 6.20 Å². The van der Waals surface area contributed by atoms with E-state index in [1.165, 1.54) is 12.8 Å². The third-order valence-electron chi connectivity index (χ3n) is 3.12. The Hall–Kier alpha value is -0.210. The molecule has 1 aliphatic rings. The van der Waals surface area contributed by atoms with Crippen LogP contribution in [0.3, 0.4) is 0 Å². The average Bonchev–Trinajstić information content (AvgIpc) is 3.04. The second kappa shape index (κ2) is 5.42. The topological polar surface area (TPSA) is 17.8 Å².